The standard InChI is InChI=1S/C17H16Cl2N2O3/c1-24-12-5-2-4-11(10-12)8-9-20-16(22)17(23)21-14-7-3-6-13(18)15(14)19/h2-7,10H,8-9H2,1H3,(H,20,22)(H,21,23). The summed E-state index contributed by atoms with van der Waals surface area (Å²) in [4.78, 5) is 23.7. The van der Waals surface area contributed by atoms with E-state index < -0.39 is 11.8 Å². The first kappa shape index (κ1) is 18.1. The summed E-state index contributed by atoms with van der Waals surface area (Å²) in [6, 6.07) is 12.3. The van der Waals surface area contributed by atoms with E-state index in [4.69, 9.17) is 27.9 Å². The van der Waals surface area contributed by atoms with Gasteiger partial charge in [-0.3, -0.25) is 9.59 Å². The van der Waals surface area contributed by atoms with Gasteiger partial charge in [-0.1, -0.05) is 41.4 Å². The van der Waals surface area contributed by atoms with E-state index in [9.17, 15) is 9.59 Å². The van der Waals surface area contributed by atoms with Crippen molar-refractivity contribution in [3.63, 3.8) is 0 Å². The minimum absolute atomic E-state index is 0.191. The first-order chi connectivity index (χ1) is 11.5. The second-order valence-electron chi connectivity index (χ2n) is 4.91. The highest BCUT2D eigenvalue weighted by atomic mass is 35.5. The van der Waals surface area contributed by atoms with Crippen LogP contribution < -0.4 is 15.4 Å². The number of methoxy groups -OCH3 is 1. The fraction of sp³-hybridized carbons (Fsp3) is 0.176. The number of halogens is 2. The molecule has 126 valence electrons. The topological polar surface area (TPSA) is 67.4 Å². The summed E-state index contributed by atoms with van der Waals surface area (Å²) in [6.45, 7) is 0.322. The monoisotopic (exact) mass is 366 g/mol. The number of benzene rings is 2. The van der Waals surface area contributed by atoms with Crippen LogP contribution in [0.2, 0.25) is 10.0 Å². The maximum absolute atomic E-state index is 11.9. The fourth-order valence-corrected chi connectivity index (χ4v) is 2.36. The van der Waals surface area contributed by atoms with E-state index in [1.165, 1.54) is 0 Å². The predicted molar refractivity (Wildman–Crippen MR) is 94.8 cm³/mol. The van der Waals surface area contributed by atoms with Crippen molar-refractivity contribution < 1.29 is 14.3 Å². The second-order valence-corrected chi connectivity index (χ2v) is 5.70. The molecule has 0 atom stereocenters. The Kier molecular flexibility index (Phi) is 6.46. The van der Waals surface area contributed by atoms with Gasteiger partial charge in [-0.2, -0.15) is 0 Å². The zero-order valence-corrected chi connectivity index (χ0v) is 14.4. The highest BCUT2D eigenvalue weighted by Crippen LogP contribution is 2.29. The Labute approximate surface area is 149 Å². The molecule has 0 spiro atoms. The van der Waals surface area contributed by atoms with E-state index in [1.807, 2.05) is 24.3 Å². The molecule has 0 bridgehead atoms. The van der Waals surface area contributed by atoms with Gasteiger partial charge >= 0.3 is 11.8 Å². The van der Waals surface area contributed by atoms with E-state index in [-0.39, 0.29) is 10.7 Å². The molecule has 0 aliphatic carbocycles. The molecule has 2 rings (SSSR count). The lowest BCUT2D eigenvalue weighted by Gasteiger charge is -2.09. The fourth-order valence-electron chi connectivity index (χ4n) is 2.01. The largest absolute Gasteiger partial charge is 0.497 e. The number of anilines is 1. The molecule has 24 heavy (non-hydrogen) atoms. The third kappa shape index (κ3) is 4.88. The van der Waals surface area contributed by atoms with Crippen LogP contribution in [0.25, 0.3) is 0 Å². The molecule has 0 aliphatic rings. The van der Waals surface area contributed by atoms with Crippen molar-refractivity contribution in [2.75, 3.05) is 19.0 Å². The zero-order valence-electron chi connectivity index (χ0n) is 12.9. The number of carbonyl (C=O) groups excluding carboxylic acids is 2. The number of hydrogen-bond donors (Lipinski definition) is 2. The Morgan fingerprint density at radius 3 is 2.58 bits per heavy atom. The van der Waals surface area contributed by atoms with Gasteiger partial charge in [0.25, 0.3) is 0 Å². The summed E-state index contributed by atoms with van der Waals surface area (Å²) in [5.41, 5.74) is 1.28. The van der Waals surface area contributed by atoms with Crippen LogP contribution in [-0.2, 0) is 16.0 Å². The molecular formula is C17H16Cl2N2O3. The van der Waals surface area contributed by atoms with Crippen LogP contribution in [0.4, 0.5) is 5.69 Å². The smallest absolute Gasteiger partial charge is 0.313 e. The number of nitrogens with one attached hydrogen (secondary N) is 2. The summed E-state index contributed by atoms with van der Waals surface area (Å²) in [5, 5.41) is 5.48. The molecule has 2 N–H and O–H groups in total. The van der Waals surface area contributed by atoms with Crippen molar-refractivity contribution in [1.82, 2.24) is 5.32 Å². The van der Waals surface area contributed by atoms with Crippen LogP contribution in [0.3, 0.4) is 0 Å². The van der Waals surface area contributed by atoms with Gasteiger partial charge in [0.15, 0.2) is 0 Å². The van der Waals surface area contributed by atoms with Crippen LogP contribution in [-0.4, -0.2) is 25.5 Å². The van der Waals surface area contributed by atoms with E-state index >= 15 is 0 Å². The van der Waals surface area contributed by atoms with Crippen molar-refractivity contribution >= 4 is 40.7 Å². The van der Waals surface area contributed by atoms with Gasteiger partial charge in [0.2, 0.25) is 0 Å². The van der Waals surface area contributed by atoms with Gasteiger partial charge in [-0.05, 0) is 36.2 Å². The molecule has 7 heteroatoms. The lowest BCUT2D eigenvalue weighted by Crippen LogP contribution is -2.36. The molecule has 0 heterocycles. The lowest BCUT2D eigenvalue weighted by atomic mass is 10.1. The molecule has 0 unspecified atom stereocenters. The first-order valence-electron chi connectivity index (χ1n) is 7.17. The maximum atomic E-state index is 11.9. The minimum atomic E-state index is -0.801. The molecule has 0 aliphatic heterocycles. The molecule has 0 radical (unpaired) electrons. The summed E-state index contributed by atoms with van der Waals surface area (Å²) < 4.78 is 5.13. The van der Waals surface area contributed by atoms with Crippen LogP contribution in [0.15, 0.2) is 42.5 Å². The average Bonchev–Trinajstić information content (AvgIpc) is 2.59. The summed E-state index contributed by atoms with van der Waals surface area (Å²) in [7, 11) is 1.59. The Hall–Kier alpha value is -2.24. The molecule has 2 aromatic carbocycles. The Morgan fingerprint density at radius 1 is 1.08 bits per heavy atom. The van der Waals surface area contributed by atoms with Crippen molar-refractivity contribution in [3.8, 4) is 5.75 Å². The van der Waals surface area contributed by atoms with Crippen molar-refractivity contribution in [3.05, 3.63) is 58.1 Å². The Bertz CT molecular complexity index is 750. The van der Waals surface area contributed by atoms with Gasteiger partial charge in [-0.15, -0.1) is 0 Å². The van der Waals surface area contributed by atoms with Crippen molar-refractivity contribution in [2.45, 2.75) is 6.42 Å². The first-order valence-corrected chi connectivity index (χ1v) is 7.93. The molecule has 0 saturated carbocycles. The zero-order chi connectivity index (χ0) is 17.5. The number of amides is 2. The third-order valence-electron chi connectivity index (χ3n) is 3.24. The summed E-state index contributed by atoms with van der Waals surface area (Å²) in [6.07, 6.45) is 0.578. The number of carbonyl (C=O) groups is 2. The van der Waals surface area contributed by atoms with E-state index in [0.29, 0.717) is 18.0 Å². The number of hydrogen-bond acceptors (Lipinski definition) is 3. The molecule has 0 saturated heterocycles. The van der Waals surface area contributed by atoms with Gasteiger partial charge in [-0.25, -0.2) is 0 Å². The molecule has 2 aromatic rings. The molecular weight excluding hydrogens is 351 g/mol. The molecule has 5 nitrogen and oxygen atoms in total. The molecule has 0 aromatic heterocycles. The Balaban J connectivity index is 1.85. The SMILES string of the molecule is COc1cccc(CCNC(=O)C(=O)Nc2cccc(Cl)c2Cl)c1. The van der Waals surface area contributed by atoms with E-state index in [0.717, 1.165) is 11.3 Å². The minimum Gasteiger partial charge on any atom is -0.497 e. The molecule has 2 amide bonds. The quantitative estimate of drug-likeness (QED) is 0.797. The van der Waals surface area contributed by atoms with Crippen molar-refractivity contribution in [2.24, 2.45) is 0 Å². The van der Waals surface area contributed by atoms with Crippen molar-refractivity contribution in [1.29, 1.82) is 0 Å². The second kappa shape index (κ2) is 8.57. The highest BCUT2D eigenvalue weighted by molar-refractivity contribution is 6.45. The van der Waals surface area contributed by atoms with E-state index in [2.05, 4.69) is 10.6 Å². The van der Waals surface area contributed by atoms with Gasteiger partial charge in [0, 0.05) is 6.54 Å². The van der Waals surface area contributed by atoms with Crippen LogP contribution >= 0.6 is 23.2 Å². The predicted octanol–water partition coefficient (Wildman–Crippen LogP) is 3.30. The number of ether oxygens (including phenoxy) is 1. The number of rotatable bonds is 5. The van der Waals surface area contributed by atoms with Gasteiger partial charge in [0.05, 0.1) is 22.8 Å². The average molecular weight is 367 g/mol. The summed E-state index contributed by atoms with van der Waals surface area (Å²) in [5.74, 6) is -0.800. The third-order valence-corrected chi connectivity index (χ3v) is 4.06. The summed E-state index contributed by atoms with van der Waals surface area (Å²) >= 11 is 11.8. The van der Waals surface area contributed by atoms with Gasteiger partial charge < -0.3 is 15.4 Å². The normalized spacial score (nSPS) is 10.1. The van der Waals surface area contributed by atoms with E-state index in [1.54, 1.807) is 25.3 Å². The van der Waals surface area contributed by atoms with Crippen LogP contribution in [0.5, 0.6) is 5.75 Å². The van der Waals surface area contributed by atoms with Gasteiger partial charge in [0.1, 0.15) is 5.75 Å². The maximum Gasteiger partial charge on any atom is 0.313 e. The highest BCUT2D eigenvalue weighted by Gasteiger charge is 2.15. The lowest BCUT2D eigenvalue weighted by molar-refractivity contribution is -0.136. The molecule has 0 fully saturated rings. The Morgan fingerprint density at radius 2 is 1.83 bits per heavy atom. The van der Waals surface area contributed by atoms with Crippen LogP contribution in [0.1, 0.15) is 5.56 Å². The van der Waals surface area contributed by atoms with Crippen LogP contribution in [0, 0.1) is 0 Å².